The van der Waals surface area contributed by atoms with E-state index in [1.54, 1.807) is 0 Å². The number of nitrogens with one attached hydrogen (secondary N) is 1. The Kier molecular flexibility index (Phi) is 4.22. The lowest BCUT2D eigenvalue weighted by Crippen LogP contribution is -2.49. The van der Waals surface area contributed by atoms with Crippen LogP contribution >= 0.6 is 0 Å². The topological polar surface area (TPSA) is 107 Å². The summed E-state index contributed by atoms with van der Waals surface area (Å²) in [5, 5.41) is 8.79. The Morgan fingerprint density at radius 2 is 2.14 bits per heavy atom. The van der Waals surface area contributed by atoms with Gasteiger partial charge in [0.05, 0.1) is 26.4 Å². The molecule has 22 heavy (non-hydrogen) atoms. The third kappa shape index (κ3) is 3.02. The number of ether oxygens (including phenoxy) is 3. The first kappa shape index (κ1) is 15.5. The van der Waals surface area contributed by atoms with E-state index in [9.17, 15) is 8.42 Å². The summed E-state index contributed by atoms with van der Waals surface area (Å²) >= 11 is 0. The number of aliphatic hydroxyl groups excluding tert-OH is 1. The van der Waals surface area contributed by atoms with Crippen LogP contribution in [0.4, 0.5) is 0 Å². The summed E-state index contributed by atoms with van der Waals surface area (Å²) < 4.78 is 43.7. The molecule has 1 spiro atoms. The number of aromatic nitrogens is 1. The number of hydrogen-bond donors (Lipinski definition) is 2. The van der Waals surface area contributed by atoms with Crippen molar-refractivity contribution in [3.05, 3.63) is 12.1 Å². The SMILES string of the molecule is O=S1(=O)NCC2(CCOCC2)Oc2nc(OCCO)ccc21. The number of hydrogen-bond acceptors (Lipinski definition) is 7. The Labute approximate surface area is 128 Å². The van der Waals surface area contributed by atoms with Gasteiger partial charge in [0.1, 0.15) is 17.1 Å². The van der Waals surface area contributed by atoms with Gasteiger partial charge < -0.3 is 19.3 Å². The fraction of sp³-hybridized carbons (Fsp3) is 0.615. The fourth-order valence-corrected chi connectivity index (χ4v) is 3.66. The van der Waals surface area contributed by atoms with Crippen LogP contribution < -0.4 is 14.2 Å². The van der Waals surface area contributed by atoms with Gasteiger partial charge in [0.2, 0.25) is 21.8 Å². The lowest BCUT2D eigenvalue weighted by atomic mass is 9.94. The van der Waals surface area contributed by atoms with Crippen molar-refractivity contribution in [3.63, 3.8) is 0 Å². The highest BCUT2D eigenvalue weighted by Crippen LogP contribution is 2.34. The lowest BCUT2D eigenvalue weighted by molar-refractivity contribution is -0.0445. The molecular formula is C13H18N2O6S. The Morgan fingerprint density at radius 1 is 1.36 bits per heavy atom. The van der Waals surface area contributed by atoms with Crippen molar-refractivity contribution in [2.24, 2.45) is 0 Å². The summed E-state index contributed by atoms with van der Waals surface area (Å²) in [6.45, 7) is 1.13. The molecule has 2 N–H and O–H groups in total. The quantitative estimate of drug-likeness (QED) is 0.781. The summed E-state index contributed by atoms with van der Waals surface area (Å²) in [6.07, 6.45) is 1.16. The maximum atomic E-state index is 12.3. The van der Waals surface area contributed by atoms with Crippen LogP contribution in [0.15, 0.2) is 17.0 Å². The molecule has 0 saturated carbocycles. The molecule has 0 atom stereocenters. The van der Waals surface area contributed by atoms with Gasteiger partial charge in [-0.2, -0.15) is 4.98 Å². The zero-order valence-corrected chi connectivity index (χ0v) is 12.8. The molecule has 122 valence electrons. The third-order valence-electron chi connectivity index (χ3n) is 3.73. The molecule has 0 amide bonds. The maximum absolute atomic E-state index is 12.3. The van der Waals surface area contributed by atoms with E-state index >= 15 is 0 Å². The number of sulfonamides is 1. The Balaban J connectivity index is 1.97. The van der Waals surface area contributed by atoms with E-state index in [2.05, 4.69) is 9.71 Å². The normalized spacial score (nSPS) is 22.4. The van der Waals surface area contributed by atoms with Crippen molar-refractivity contribution >= 4 is 10.0 Å². The summed E-state index contributed by atoms with van der Waals surface area (Å²) in [5.41, 5.74) is -0.654. The highest BCUT2D eigenvalue weighted by molar-refractivity contribution is 7.89. The maximum Gasteiger partial charge on any atom is 0.246 e. The Morgan fingerprint density at radius 3 is 2.86 bits per heavy atom. The van der Waals surface area contributed by atoms with Crippen LogP contribution in [0.1, 0.15) is 12.8 Å². The van der Waals surface area contributed by atoms with E-state index in [0.29, 0.717) is 26.1 Å². The molecule has 2 aliphatic heterocycles. The van der Waals surface area contributed by atoms with Gasteiger partial charge in [-0.15, -0.1) is 0 Å². The standard InChI is InChI=1S/C13H18N2O6S/c16-5-8-20-11-2-1-10-12(15-11)21-13(3-6-19-7-4-13)9-14-22(10,17)18/h1-2,14,16H,3-9H2. The van der Waals surface area contributed by atoms with Gasteiger partial charge in [0.15, 0.2) is 0 Å². The molecule has 1 saturated heterocycles. The van der Waals surface area contributed by atoms with Crippen molar-refractivity contribution in [2.75, 3.05) is 33.0 Å². The minimum absolute atomic E-state index is 0.00721. The van der Waals surface area contributed by atoms with E-state index in [4.69, 9.17) is 19.3 Å². The van der Waals surface area contributed by atoms with E-state index in [-0.39, 0.29) is 36.4 Å². The van der Waals surface area contributed by atoms with Gasteiger partial charge in [0, 0.05) is 18.9 Å². The highest BCUT2D eigenvalue weighted by atomic mass is 32.2. The molecule has 8 nitrogen and oxygen atoms in total. The lowest BCUT2D eigenvalue weighted by Gasteiger charge is -2.35. The van der Waals surface area contributed by atoms with Crippen LogP contribution in [0, 0.1) is 0 Å². The second-order valence-electron chi connectivity index (χ2n) is 5.25. The van der Waals surface area contributed by atoms with Crippen LogP contribution in [0.25, 0.3) is 0 Å². The third-order valence-corrected chi connectivity index (χ3v) is 5.15. The summed E-state index contributed by atoms with van der Waals surface area (Å²) in [7, 11) is -3.67. The van der Waals surface area contributed by atoms with Crippen LogP contribution in [-0.2, 0) is 14.8 Å². The smallest absolute Gasteiger partial charge is 0.246 e. The molecule has 0 radical (unpaired) electrons. The van der Waals surface area contributed by atoms with Crippen LogP contribution in [0.2, 0.25) is 0 Å². The molecule has 0 aromatic carbocycles. The minimum Gasteiger partial charge on any atom is -0.475 e. The second kappa shape index (κ2) is 5.99. The van der Waals surface area contributed by atoms with Gasteiger partial charge in [-0.3, -0.25) is 0 Å². The average Bonchev–Trinajstić information content (AvgIpc) is 2.61. The van der Waals surface area contributed by atoms with Gasteiger partial charge in [-0.1, -0.05) is 0 Å². The highest BCUT2D eigenvalue weighted by Gasteiger charge is 2.41. The number of pyridine rings is 1. The van der Waals surface area contributed by atoms with E-state index in [1.807, 2.05) is 0 Å². The van der Waals surface area contributed by atoms with E-state index in [1.165, 1.54) is 12.1 Å². The van der Waals surface area contributed by atoms with Crippen molar-refractivity contribution in [1.82, 2.24) is 9.71 Å². The van der Waals surface area contributed by atoms with Crippen LogP contribution in [0.3, 0.4) is 0 Å². The number of aliphatic hydroxyl groups is 1. The predicted molar refractivity (Wildman–Crippen MR) is 75.4 cm³/mol. The monoisotopic (exact) mass is 330 g/mol. The average molecular weight is 330 g/mol. The van der Waals surface area contributed by atoms with Gasteiger partial charge in [-0.05, 0) is 6.07 Å². The zero-order chi connectivity index (χ0) is 15.6. The van der Waals surface area contributed by atoms with Gasteiger partial charge in [0.25, 0.3) is 0 Å². The number of nitrogens with zero attached hydrogens (tertiary/aromatic N) is 1. The van der Waals surface area contributed by atoms with E-state index in [0.717, 1.165) is 0 Å². The van der Waals surface area contributed by atoms with Crippen LogP contribution in [-0.4, -0.2) is 57.1 Å². The molecule has 0 bridgehead atoms. The largest absolute Gasteiger partial charge is 0.475 e. The molecule has 0 aliphatic carbocycles. The van der Waals surface area contributed by atoms with Gasteiger partial charge in [-0.25, -0.2) is 13.1 Å². The molecule has 1 aromatic rings. The van der Waals surface area contributed by atoms with Crippen LogP contribution in [0.5, 0.6) is 11.8 Å². The van der Waals surface area contributed by atoms with Crippen molar-refractivity contribution < 1.29 is 27.7 Å². The fourth-order valence-electron chi connectivity index (χ4n) is 2.49. The molecular weight excluding hydrogens is 312 g/mol. The number of rotatable bonds is 3. The zero-order valence-electron chi connectivity index (χ0n) is 11.9. The Hall–Kier alpha value is -1.42. The Bertz CT molecular complexity index is 642. The first-order valence-corrected chi connectivity index (χ1v) is 8.54. The van der Waals surface area contributed by atoms with Crippen molar-refractivity contribution in [2.45, 2.75) is 23.3 Å². The summed E-state index contributed by atoms with van der Waals surface area (Å²) in [6, 6.07) is 2.84. The van der Waals surface area contributed by atoms with Gasteiger partial charge >= 0.3 is 0 Å². The van der Waals surface area contributed by atoms with Crippen molar-refractivity contribution in [1.29, 1.82) is 0 Å². The molecule has 0 unspecified atom stereocenters. The first-order valence-electron chi connectivity index (χ1n) is 7.06. The molecule has 3 heterocycles. The molecule has 1 fully saturated rings. The molecule has 1 aromatic heterocycles. The molecule has 3 rings (SSSR count). The van der Waals surface area contributed by atoms with Crippen molar-refractivity contribution in [3.8, 4) is 11.8 Å². The van der Waals surface area contributed by atoms with E-state index < -0.39 is 15.6 Å². The molecule has 2 aliphatic rings. The predicted octanol–water partition coefficient (Wildman–Crippen LogP) is -0.327. The first-order chi connectivity index (χ1) is 10.5. The molecule has 9 heteroatoms. The summed E-state index contributed by atoms with van der Waals surface area (Å²) in [4.78, 5) is 4.13. The second-order valence-corrected chi connectivity index (χ2v) is 6.98. The number of fused-ring (bicyclic) bond motifs is 1. The summed E-state index contributed by atoms with van der Waals surface area (Å²) in [5.74, 6) is 0.245. The minimum atomic E-state index is -3.67.